The minimum absolute atomic E-state index is 0.243. The second-order valence-electron chi connectivity index (χ2n) is 8.08. The molecule has 0 bridgehead atoms. The van der Waals surface area contributed by atoms with E-state index in [0.717, 1.165) is 5.56 Å². The minimum Gasteiger partial charge on any atom is -0.480 e. The molecule has 5 unspecified atom stereocenters. The van der Waals surface area contributed by atoms with Crippen LogP contribution in [0.25, 0.3) is 0 Å². The van der Waals surface area contributed by atoms with Gasteiger partial charge in [0, 0.05) is 0 Å². The van der Waals surface area contributed by atoms with E-state index in [9.17, 15) is 19.2 Å². The van der Waals surface area contributed by atoms with Crippen LogP contribution >= 0.6 is 11.8 Å². The summed E-state index contributed by atoms with van der Waals surface area (Å²) in [5, 5.41) is 16.9. The van der Waals surface area contributed by atoms with Gasteiger partial charge in [0.2, 0.25) is 17.7 Å². The van der Waals surface area contributed by atoms with Crippen molar-refractivity contribution in [3.8, 4) is 0 Å². The third-order valence-electron chi connectivity index (χ3n) is 5.40. The van der Waals surface area contributed by atoms with E-state index in [-0.39, 0.29) is 5.92 Å². The molecule has 1 rings (SSSR count). The molecule has 0 fully saturated rings. The molecule has 184 valence electrons. The third kappa shape index (κ3) is 9.83. The van der Waals surface area contributed by atoms with Crippen LogP contribution in [0.5, 0.6) is 0 Å². The number of aliphatic carboxylic acids is 1. The summed E-state index contributed by atoms with van der Waals surface area (Å²) in [4.78, 5) is 49.5. The van der Waals surface area contributed by atoms with Gasteiger partial charge in [-0.1, -0.05) is 50.6 Å². The zero-order valence-electron chi connectivity index (χ0n) is 19.7. The van der Waals surface area contributed by atoms with Crippen LogP contribution < -0.4 is 21.7 Å². The van der Waals surface area contributed by atoms with Gasteiger partial charge in [0.05, 0.1) is 6.04 Å². The summed E-state index contributed by atoms with van der Waals surface area (Å²) in [5.41, 5.74) is 6.97. The highest BCUT2D eigenvalue weighted by molar-refractivity contribution is 7.98. The maximum absolute atomic E-state index is 13.0. The Hall–Kier alpha value is -2.59. The lowest BCUT2D eigenvalue weighted by molar-refractivity contribution is -0.142. The monoisotopic (exact) mass is 480 g/mol. The SMILES string of the molecule is CCC(C)C(NC(=O)C(CCSC)NC(=O)C(N)Cc1ccccc1)C(=O)NC(C)C(=O)O. The van der Waals surface area contributed by atoms with Crippen molar-refractivity contribution in [1.82, 2.24) is 16.0 Å². The molecule has 3 amide bonds. The quantitative estimate of drug-likeness (QED) is 0.266. The minimum atomic E-state index is -1.17. The third-order valence-corrected chi connectivity index (χ3v) is 6.05. The molecule has 0 saturated carbocycles. The maximum atomic E-state index is 13.0. The second-order valence-corrected chi connectivity index (χ2v) is 9.06. The van der Waals surface area contributed by atoms with E-state index < -0.39 is 47.9 Å². The number of nitrogens with one attached hydrogen (secondary N) is 3. The highest BCUT2D eigenvalue weighted by Gasteiger charge is 2.31. The molecule has 1 aromatic rings. The molecule has 9 nitrogen and oxygen atoms in total. The largest absolute Gasteiger partial charge is 0.480 e. The highest BCUT2D eigenvalue weighted by Crippen LogP contribution is 2.11. The van der Waals surface area contributed by atoms with Gasteiger partial charge >= 0.3 is 5.97 Å². The zero-order valence-corrected chi connectivity index (χ0v) is 20.5. The number of hydrogen-bond donors (Lipinski definition) is 5. The fourth-order valence-corrected chi connectivity index (χ4v) is 3.54. The lowest BCUT2D eigenvalue weighted by atomic mass is 9.97. The Morgan fingerprint density at radius 1 is 1.00 bits per heavy atom. The van der Waals surface area contributed by atoms with E-state index >= 15 is 0 Å². The van der Waals surface area contributed by atoms with Crippen LogP contribution in [0, 0.1) is 5.92 Å². The van der Waals surface area contributed by atoms with Gasteiger partial charge in [-0.05, 0) is 43.3 Å². The summed E-state index contributed by atoms with van der Waals surface area (Å²) < 4.78 is 0. The predicted octanol–water partition coefficient (Wildman–Crippen LogP) is 0.915. The van der Waals surface area contributed by atoms with Crippen LogP contribution in [0.15, 0.2) is 30.3 Å². The van der Waals surface area contributed by atoms with Crippen LogP contribution in [-0.4, -0.2) is 65.0 Å². The molecule has 0 radical (unpaired) electrons. The molecular weight excluding hydrogens is 444 g/mol. The van der Waals surface area contributed by atoms with E-state index in [0.29, 0.717) is 25.0 Å². The van der Waals surface area contributed by atoms with Gasteiger partial charge in [-0.15, -0.1) is 0 Å². The first-order chi connectivity index (χ1) is 15.6. The van der Waals surface area contributed by atoms with Crippen molar-refractivity contribution in [2.75, 3.05) is 12.0 Å². The summed E-state index contributed by atoms with van der Waals surface area (Å²) in [5.74, 6) is -2.34. The Labute approximate surface area is 199 Å². The number of carbonyl (C=O) groups excluding carboxylic acids is 3. The standard InChI is InChI=1S/C23H36N4O5S/c1-5-14(2)19(22(30)25-15(3)23(31)32)27-21(29)18(11-12-33-4)26-20(28)17(24)13-16-9-7-6-8-10-16/h6-10,14-15,17-19H,5,11-13,24H2,1-4H3,(H,25,30)(H,26,28)(H,27,29)(H,31,32). The lowest BCUT2D eigenvalue weighted by Gasteiger charge is -2.27. The molecule has 0 aliphatic rings. The summed E-state index contributed by atoms with van der Waals surface area (Å²) in [6.45, 7) is 5.01. The van der Waals surface area contributed by atoms with Crippen molar-refractivity contribution >= 4 is 35.5 Å². The number of carboxylic acid groups (broad SMARTS) is 1. The van der Waals surface area contributed by atoms with Gasteiger partial charge in [0.25, 0.3) is 0 Å². The van der Waals surface area contributed by atoms with E-state index in [1.165, 1.54) is 18.7 Å². The topological polar surface area (TPSA) is 151 Å². The maximum Gasteiger partial charge on any atom is 0.325 e. The van der Waals surface area contributed by atoms with E-state index in [4.69, 9.17) is 10.8 Å². The average molecular weight is 481 g/mol. The molecule has 5 atom stereocenters. The molecule has 0 heterocycles. The van der Waals surface area contributed by atoms with Crippen LogP contribution in [0.3, 0.4) is 0 Å². The first kappa shape index (κ1) is 28.4. The average Bonchev–Trinajstić information content (AvgIpc) is 2.79. The van der Waals surface area contributed by atoms with Gasteiger partial charge in [-0.3, -0.25) is 19.2 Å². The number of thioether (sulfide) groups is 1. The van der Waals surface area contributed by atoms with Crippen molar-refractivity contribution in [2.24, 2.45) is 11.7 Å². The van der Waals surface area contributed by atoms with Gasteiger partial charge < -0.3 is 26.8 Å². The van der Waals surface area contributed by atoms with Crippen LogP contribution in [0.1, 0.15) is 39.2 Å². The van der Waals surface area contributed by atoms with E-state index in [1.54, 1.807) is 6.92 Å². The lowest BCUT2D eigenvalue weighted by Crippen LogP contribution is -2.58. The number of benzene rings is 1. The fraction of sp³-hybridized carbons (Fsp3) is 0.565. The number of amides is 3. The number of nitrogens with two attached hydrogens (primary N) is 1. The summed E-state index contributed by atoms with van der Waals surface area (Å²) in [6.07, 6.45) is 3.16. The van der Waals surface area contributed by atoms with Gasteiger partial charge in [-0.2, -0.15) is 11.8 Å². The van der Waals surface area contributed by atoms with Crippen molar-refractivity contribution < 1.29 is 24.3 Å². The molecule has 33 heavy (non-hydrogen) atoms. The highest BCUT2D eigenvalue weighted by atomic mass is 32.2. The Balaban J connectivity index is 2.90. The van der Waals surface area contributed by atoms with Crippen molar-refractivity contribution in [1.29, 1.82) is 0 Å². The molecule has 0 aromatic heterocycles. The molecule has 0 aliphatic carbocycles. The van der Waals surface area contributed by atoms with E-state index in [2.05, 4.69) is 16.0 Å². The molecule has 0 saturated heterocycles. The number of rotatable bonds is 14. The zero-order chi connectivity index (χ0) is 25.0. The van der Waals surface area contributed by atoms with E-state index in [1.807, 2.05) is 43.5 Å². The summed E-state index contributed by atoms with van der Waals surface area (Å²) >= 11 is 1.53. The Bertz CT molecular complexity index is 792. The molecular formula is C23H36N4O5S. The summed E-state index contributed by atoms with van der Waals surface area (Å²) in [6, 6.07) is 5.61. The van der Waals surface area contributed by atoms with Gasteiger partial charge in [0.1, 0.15) is 18.1 Å². The Kier molecular flexibility index (Phi) is 12.5. The summed E-state index contributed by atoms with van der Waals surface area (Å²) in [7, 11) is 0. The fourth-order valence-electron chi connectivity index (χ4n) is 3.06. The second kappa shape index (κ2) is 14.5. The van der Waals surface area contributed by atoms with Crippen LogP contribution in [0.4, 0.5) is 0 Å². The predicted molar refractivity (Wildman–Crippen MR) is 130 cm³/mol. The number of carbonyl (C=O) groups is 4. The normalized spacial score (nSPS) is 15.4. The van der Waals surface area contributed by atoms with Gasteiger partial charge in [0.15, 0.2) is 0 Å². The Morgan fingerprint density at radius 3 is 2.18 bits per heavy atom. The molecule has 1 aromatic carbocycles. The van der Waals surface area contributed by atoms with Gasteiger partial charge in [-0.25, -0.2) is 0 Å². The van der Waals surface area contributed by atoms with Crippen LogP contribution in [0.2, 0.25) is 0 Å². The molecule has 0 aliphatic heterocycles. The number of hydrogen-bond acceptors (Lipinski definition) is 6. The molecule has 0 spiro atoms. The Morgan fingerprint density at radius 2 is 1.64 bits per heavy atom. The van der Waals surface area contributed by atoms with Crippen molar-refractivity contribution in [3.05, 3.63) is 35.9 Å². The van der Waals surface area contributed by atoms with Crippen molar-refractivity contribution in [2.45, 2.75) is 64.2 Å². The molecule has 6 N–H and O–H groups in total. The van der Waals surface area contributed by atoms with Crippen LogP contribution in [-0.2, 0) is 25.6 Å². The first-order valence-electron chi connectivity index (χ1n) is 11.0. The first-order valence-corrected chi connectivity index (χ1v) is 12.4. The van der Waals surface area contributed by atoms with Crippen molar-refractivity contribution in [3.63, 3.8) is 0 Å². The smallest absolute Gasteiger partial charge is 0.325 e. The molecule has 10 heteroatoms. The number of carboxylic acids is 1.